The fourth-order valence-electron chi connectivity index (χ4n) is 3.36. The standard InChI is InChI=1S/C19H20F3N3O3/c1-12(26)25-10-2-3-13(11-25)17-16(8-9-23-17)18(27)24-14-4-6-15(7-5-14)28-19(20,21)22/h4-9,13,23H,2-3,10-11H2,1H3,(H,24,27). The van der Waals surface area contributed by atoms with Crippen molar-refractivity contribution in [3.63, 3.8) is 0 Å². The largest absolute Gasteiger partial charge is 0.573 e. The van der Waals surface area contributed by atoms with Crippen LogP contribution in [0.25, 0.3) is 0 Å². The number of carbonyl (C=O) groups is 2. The molecule has 0 saturated carbocycles. The van der Waals surface area contributed by atoms with Gasteiger partial charge in [0.25, 0.3) is 5.91 Å². The van der Waals surface area contributed by atoms with Crippen LogP contribution >= 0.6 is 0 Å². The van der Waals surface area contributed by atoms with Crippen LogP contribution in [0, 0.1) is 0 Å². The highest BCUT2D eigenvalue weighted by Crippen LogP contribution is 2.29. The number of rotatable bonds is 4. The summed E-state index contributed by atoms with van der Waals surface area (Å²) in [5, 5.41) is 2.67. The van der Waals surface area contributed by atoms with Crippen LogP contribution in [0.4, 0.5) is 18.9 Å². The van der Waals surface area contributed by atoms with Gasteiger partial charge in [-0.25, -0.2) is 0 Å². The molecule has 0 spiro atoms. The molecule has 1 aromatic carbocycles. The summed E-state index contributed by atoms with van der Waals surface area (Å²) in [5.41, 5.74) is 1.55. The summed E-state index contributed by atoms with van der Waals surface area (Å²) < 4.78 is 40.5. The van der Waals surface area contributed by atoms with Gasteiger partial charge in [-0.05, 0) is 43.2 Å². The first-order chi connectivity index (χ1) is 13.2. The lowest BCUT2D eigenvalue weighted by Crippen LogP contribution is -2.38. The number of alkyl halides is 3. The Hall–Kier alpha value is -2.97. The number of benzene rings is 1. The summed E-state index contributed by atoms with van der Waals surface area (Å²) >= 11 is 0. The molecule has 9 heteroatoms. The second kappa shape index (κ2) is 7.95. The summed E-state index contributed by atoms with van der Waals surface area (Å²) in [6.07, 6.45) is -1.39. The van der Waals surface area contributed by atoms with E-state index in [1.165, 1.54) is 19.1 Å². The molecule has 150 valence electrons. The van der Waals surface area contributed by atoms with E-state index in [0.29, 0.717) is 24.3 Å². The molecule has 1 aliphatic rings. The van der Waals surface area contributed by atoms with Crippen molar-refractivity contribution < 1.29 is 27.5 Å². The van der Waals surface area contributed by atoms with Crippen molar-refractivity contribution in [3.05, 3.63) is 47.8 Å². The molecule has 0 radical (unpaired) electrons. The van der Waals surface area contributed by atoms with E-state index in [9.17, 15) is 22.8 Å². The zero-order valence-corrected chi connectivity index (χ0v) is 15.2. The first-order valence-corrected chi connectivity index (χ1v) is 8.83. The lowest BCUT2D eigenvalue weighted by atomic mass is 9.92. The number of piperidine rings is 1. The molecule has 0 bridgehead atoms. The summed E-state index contributed by atoms with van der Waals surface area (Å²) in [6.45, 7) is 2.77. The van der Waals surface area contributed by atoms with E-state index in [1.807, 2.05) is 0 Å². The Kier molecular flexibility index (Phi) is 5.62. The van der Waals surface area contributed by atoms with E-state index in [-0.39, 0.29) is 23.5 Å². The highest BCUT2D eigenvalue weighted by Gasteiger charge is 2.31. The van der Waals surface area contributed by atoms with E-state index in [4.69, 9.17) is 0 Å². The van der Waals surface area contributed by atoms with Crippen molar-refractivity contribution in [2.75, 3.05) is 18.4 Å². The summed E-state index contributed by atoms with van der Waals surface area (Å²) in [5.74, 6) is -0.709. The van der Waals surface area contributed by atoms with Crippen molar-refractivity contribution in [2.24, 2.45) is 0 Å². The molecule has 2 aromatic rings. The number of hydrogen-bond donors (Lipinski definition) is 2. The van der Waals surface area contributed by atoms with E-state index < -0.39 is 6.36 Å². The molecular weight excluding hydrogens is 375 g/mol. The van der Waals surface area contributed by atoms with Gasteiger partial charge in [0.05, 0.1) is 5.56 Å². The normalized spacial score (nSPS) is 17.3. The van der Waals surface area contributed by atoms with Gasteiger partial charge in [0.2, 0.25) is 5.91 Å². The van der Waals surface area contributed by atoms with Gasteiger partial charge in [-0.15, -0.1) is 13.2 Å². The average molecular weight is 395 g/mol. The second-order valence-electron chi connectivity index (χ2n) is 6.64. The molecule has 2 N–H and O–H groups in total. The van der Waals surface area contributed by atoms with Gasteiger partial charge >= 0.3 is 6.36 Å². The van der Waals surface area contributed by atoms with Crippen LogP contribution in [0.15, 0.2) is 36.5 Å². The molecule has 6 nitrogen and oxygen atoms in total. The number of H-pyrrole nitrogens is 1. The molecule has 2 amide bonds. The number of aromatic amines is 1. The Balaban J connectivity index is 1.69. The van der Waals surface area contributed by atoms with Gasteiger partial charge in [0.15, 0.2) is 0 Å². The minimum Gasteiger partial charge on any atom is -0.406 e. The van der Waals surface area contributed by atoms with Gasteiger partial charge in [0.1, 0.15) is 5.75 Å². The van der Waals surface area contributed by atoms with Crippen LogP contribution in [-0.4, -0.2) is 41.2 Å². The summed E-state index contributed by atoms with van der Waals surface area (Å²) in [7, 11) is 0. The summed E-state index contributed by atoms with van der Waals surface area (Å²) in [4.78, 5) is 29.1. The van der Waals surface area contributed by atoms with Gasteiger partial charge in [0, 0.05) is 43.5 Å². The third-order valence-corrected chi connectivity index (χ3v) is 4.64. The lowest BCUT2D eigenvalue weighted by Gasteiger charge is -2.32. The topological polar surface area (TPSA) is 74.4 Å². The van der Waals surface area contributed by atoms with Crippen LogP contribution in [-0.2, 0) is 4.79 Å². The number of nitrogens with one attached hydrogen (secondary N) is 2. The number of likely N-dealkylation sites (tertiary alicyclic amines) is 1. The third-order valence-electron chi connectivity index (χ3n) is 4.64. The van der Waals surface area contributed by atoms with E-state index >= 15 is 0 Å². The molecule has 1 atom stereocenters. The van der Waals surface area contributed by atoms with Crippen molar-refractivity contribution in [1.82, 2.24) is 9.88 Å². The quantitative estimate of drug-likeness (QED) is 0.825. The van der Waals surface area contributed by atoms with Crippen molar-refractivity contribution in [1.29, 1.82) is 0 Å². The van der Waals surface area contributed by atoms with E-state index in [0.717, 1.165) is 30.7 Å². The Morgan fingerprint density at radius 1 is 1.21 bits per heavy atom. The maximum absolute atomic E-state index is 12.6. The highest BCUT2D eigenvalue weighted by molar-refractivity contribution is 6.05. The van der Waals surface area contributed by atoms with Crippen LogP contribution in [0.3, 0.4) is 0 Å². The Morgan fingerprint density at radius 3 is 2.57 bits per heavy atom. The molecule has 1 saturated heterocycles. The minimum atomic E-state index is -4.77. The Bertz CT molecular complexity index is 846. The summed E-state index contributed by atoms with van der Waals surface area (Å²) in [6, 6.07) is 6.59. The Morgan fingerprint density at radius 2 is 1.93 bits per heavy atom. The van der Waals surface area contributed by atoms with Gasteiger partial charge in [-0.2, -0.15) is 0 Å². The Labute approximate surface area is 159 Å². The molecule has 1 aromatic heterocycles. The SMILES string of the molecule is CC(=O)N1CCCC(c2[nH]ccc2C(=O)Nc2ccc(OC(F)(F)F)cc2)C1. The smallest absolute Gasteiger partial charge is 0.406 e. The zero-order valence-electron chi connectivity index (χ0n) is 15.2. The average Bonchev–Trinajstić information content (AvgIpc) is 3.12. The monoisotopic (exact) mass is 395 g/mol. The van der Waals surface area contributed by atoms with Crippen LogP contribution < -0.4 is 10.1 Å². The predicted octanol–water partition coefficient (Wildman–Crippen LogP) is 3.89. The first-order valence-electron chi connectivity index (χ1n) is 8.83. The number of hydrogen-bond acceptors (Lipinski definition) is 3. The molecule has 1 unspecified atom stereocenters. The number of carbonyl (C=O) groups excluding carboxylic acids is 2. The van der Waals surface area contributed by atoms with Crippen molar-refractivity contribution in [2.45, 2.75) is 32.0 Å². The molecule has 3 rings (SSSR count). The van der Waals surface area contributed by atoms with E-state index in [2.05, 4.69) is 15.0 Å². The maximum atomic E-state index is 12.6. The highest BCUT2D eigenvalue weighted by atomic mass is 19.4. The zero-order chi connectivity index (χ0) is 20.3. The van der Waals surface area contributed by atoms with Crippen LogP contribution in [0.5, 0.6) is 5.75 Å². The first kappa shape index (κ1) is 19.8. The minimum absolute atomic E-state index is 0.00317. The van der Waals surface area contributed by atoms with Crippen molar-refractivity contribution in [3.8, 4) is 5.75 Å². The molecule has 0 aliphatic carbocycles. The lowest BCUT2D eigenvalue weighted by molar-refractivity contribution is -0.274. The molecule has 1 aliphatic heterocycles. The van der Waals surface area contributed by atoms with Gasteiger partial charge in [-0.1, -0.05) is 0 Å². The predicted molar refractivity (Wildman–Crippen MR) is 96.1 cm³/mol. The fraction of sp³-hybridized carbons (Fsp3) is 0.368. The number of halogens is 3. The van der Waals surface area contributed by atoms with E-state index in [1.54, 1.807) is 17.2 Å². The third kappa shape index (κ3) is 4.85. The molecule has 28 heavy (non-hydrogen) atoms. The van der Waals surface area contributed by atoms with Crippen LogP contribution in [0.1, 0.15) is 41.7 Å². The van der Waals surface area contributed by atoms with Gasteiger partial charge < -0.3 is 19.9 Å². The van der Waals surface area contributed by atoms with Gasteiger partial charge in [-0.3, -0.25) is 9.59 Å². The maximum Gasteiger partial charge on any atom is 0.573 e. The number of anilines is 1. The van der Waals surface area contributed by atoms with Crippen molar-refractivity contribution >= 4 is 17.5 Å². The molecule has 2 heterocycles. The number of nitrogens with zero attached hydrogens (tertiary/aromatic N) is 1. The number of ether oxygens (including phenoxy) is 1. The number of amides is 2. The molecular formula is C19H20F3N3O3. The molecule has 1 fully saturated rings. The second-order valence-corrected chi connectivity index (χ2v) is 6.64. The number of aromatic nitrogens is 1. The fourth-order valence-corrected chi connectivity index (χ4v) is 3.36. The van der Waals surface area contributed by atoms with Crippen LogP contribution in [0.2, 0.25) is 0 Å².